The fourth-order valence-electron chi connectivity index (χ4n) is 2.57. The van der Waals surface area contributed by atoms with Gasteiger partial charge in [0.2, 0.25) is 11.8 Å². The van der Waals surface area contributed by atoms with Gasteiger partial charge in [-0.1, -0.05) is 38.5 Å². The second kappa shape index (κ2) is 7.77. The van der Waals surface area contributed by atoms with E-state index in [0.717, 1.165) is 10.9 Å². The number of nitrogens with zero attached hydrogens (tertiary/aromatic N) is 1. The molecule has 1 amide bonds. The lowest BCUT2D eigenvalue weighted by atomic mass is 9.99. The Morgan fingerprint density at radius 2 is 1.88 bits per heavy atom. The van der Waals surface area contributed by atoms with Crippen LogP contribution >= 0.6 is 0 Å². The first kappa shape index (κ1) is 17.7. The third-order valence-electron chi connectivity index (χ3n) is 4.23. The zero-order chi connectivity index (χ0) is 17.7. The van der Waals surface area contributed by atoms with E-state index in [1.54, 1.807) is 13.1 Å². The lowest BCUT2D eigenvalue weighted by Crippen LogP contribution is -2.45. The molecule has 0 aliphatic carbocycles. The number of carboxylic acids is 1. The van der Waals surface area contributed by atoms with Gasteiger partial charge in [-0.3, -0.25) is 14.2 Å². The molecule has 0 radical (unpaired) electrons. The Bertz CT molecular complexity index is 750. The van der Waals surface area contributed by atoms with E-state index < -0.39 is 17.9 Å². The Morgan fingerprint density at radius 3 is 2.54 bits per heavy atom. The lowest BCUT2D eigenvalue weighted by molar-refractivity contribution is -0.143. The maximum absolute atomic E-state index is 12.3. The molecule has 0 saturated carbocycles. The molecular formula is C18H22N2O4. The Labute approximate surface area is 140 Å². The Balaban J connectivity index is 1.96. The topological polar surface area (TPSA) is 88.4 Å². The monoisotopic (exact) mass is 330 g/mol. The van der Waals surface area contributed by atoms with Crippen LogP contribution in [0.4, 0.5) is 0 Å². The Kier molecular flexibility index (Phi) is 5.73. The average Bonchev–Trinajstić information content (AvgIpc) is 3.00. The Morgan fingerprint density at radius 1 is 1.17 bits per heavy atom. The van der Waals surface area contributed by atoms with E-state index in [2.05, 4.69) is 5.32 Å². The number of carbonyl (C=O) groups is 3. The van der Waals surface area contributed by atoms with Gasteiger partial charge in [-0.05, 0) is 18.1 Å². The molecule has 0 aliphatic heterocycles. The number of aromatic nitrogens is 1. The van der Waals surface area contributed by atoms with Gasteiger partial charge in [-0.2, -0.15) is 0 Å². The van der Waals surface area contributed by atoms with Crippen LogP contribution < -0.4 is 5.32 Å². The zero-order valence-corrected chi connectivity index (χ0v) is 13.9. The molecule has 1 heterocycles. The fraction of sp³-hybridized carbons (Fsp3) is 0.389. The highest BCUT2D eigenvalue weighted by atomic mass is 16.4. The van der Waals surface area contributed by atoms with E-state index in [-0.39, 0.29) is 24.7 Å². The predicted octanol–water partition coefficient (Wildman–Crippen LogP) is 2.68. The second-order valence-corrected chi connectivity index (χ2v) is 5.91. The van der Waals surface area contributed by atoms with Crippen molar-refractivity contribution in [2.45, 2.75) is 39.2 Å². The van der Waals surface area contributed by atoms with E-state index in [0.29, 0.717) is 6.42 Å². The molecular weight excluding hydrogens is 308 g/mol. The number of aliphatic carboxylic acids is 1. The van der Waals surface area contributed by atoms with Gasteiger partial charge in [-0.15, -0.1) is 0 Å². The summed E-state index contributed by atoms with van der Waals surface area (Å²) in [5.74, 6) is -1.84. The summed E-state index contributed by atoms with van der Waals surface area (Å²) >= 11 is 0. The van der Waals surface area contributed by atoms with E-state index in [1.807, 2.05) is 37.3 Å². The molecule has 1 aromatic heterocycles. The molecule has 0 bridgehead atoms. The van der Waals surface area contributed by atoms with Gasteiger partial charge in [0.05, 0.1) is 5.52 Å². The minimum Gasteiger partial charge on any atom is -0.480 e. The van der Waals surface area contributed by atoms with Gasteiger partial charge in [0.25, 0.3) is 0 Å². The van der Waals surface area contributed by atoms with Crippen molar-refractivity contribution in [3.63, 3.8) is 0 Å². The van der Waals surface area contributed by atoms with Crippen LogP contribution in [0.2, 0.25) is 0 Å². The summed E-state index contributed by atoms with van der Waals surface area (Å²) in [6.07, 6.45) is 2.32. The molecule has 6 heteroatoms. The van der Waals surface area contributed by atoms with Crippen LogP contribution in [-0.4, -0.2) is 33.5 Å². The first-order valence-electron chi connectivity index (χ1n) is 8.05. The van der Waals surface area contributed by atoms with Crippen LogP contribution in [0, 0.1) is 5.92 Å². The molecule has 0 saturated heterocycles. The molecule has 24 heavy (non-hydrogen) atoms. The number of carbonyl (C=O) groups excluding carboxylic acids is 2. The first-order valence-corrected chi connectivity index (χ1v) is 8.05. The number of carboxylic acid groups (broad SMARTS) is 1. The molecule has 0 aliphatic rings. The number of para-hydroxylation sites is 1. The summed E-state index contributed by atoms with van der Waals surface area (Å²) in [5.41, 5.74) is 0.797. The van der Waals surface area contributed by atoms with Crippen molar-refractivity contribution in [1.29, 1.82) is 0 Å². The number of hydrogen-bond donors (Lipinski definition) is 2. The molecule has 1 aromatic carbocycles. The van der Waals surface area contributed by atoms with Crippen molar-refractivity contribution in [2.24, 2.45) is 5.92 Å². The number of amides is 1. The van der Waals surface area contributed by atoms with Crippen molar-refractivity contribution in [1.82, 2.24) is 9.88 Å². The summed E-state index contributed by atoms with van der Waals surface area (Å²) in [6, 6.07) is 8.42. The predicted molar refractivity (Wildman–Crippen MR) is 90.8 cm³/mol. The van der Waals surface area contributed by atoms with E-state index >= 15 is 0 Å². The SMILES string of the molecule is CCC(C)C(NC(=O)CCC(=O)n1ccc2ccccc21)C(=O)O. The van der Waals surface area contributed by atoms with E-state index in [9.17, 15) is 19.5 Å². The quantitative estimate of drug-likeness (QED) is 0.817. The lowest BCUT2D eigenvalue weighted by Gasteiger charge is -2.20. The van der Waals surface area contributed by atoms with Gasteiger partial charge in [0.1, 0.15) is 6.04 Å². The van der Waals surface area contributed by atoms with Gasteiger partial charge in [0, 0.05) is 24.4 Å². The van der Waals surface area contributed by atoms with E-state index in [4.69, 9.17) is 0 Å². The average molecular weight is 330 g/mol. The minimum atomic E-state index is -1.06. The van der Waals surface area contributed by atoms with Gasteiger partial charge >= 0.3 is 5.97 Å². The Hall–Kier alpha value is -2.63. The van der Waals surface area contributed by atoms with Crippen molar-refractivity contribution < 1.29 is 19.5 Å². The molecule has 2 atom stereocenters. The van der Waals surface area contributed by atoms with Crippen LogP contribution in [0.5, 0.6) is 0 Å². The highest BCUT2D eigenvalue weighted by Gasteiger charge is 2.25. The van der Waals surface area contributed by atoms with Crippen LogP contribution in [0.15, 0.2) is 36.5 Å². The van der Waals surface area contributed by atoms with Gasteiger partial charge < -0.3 is 10.4 Å². The van der Waals surface area contributed by atoms with E-state index in [1.165, 1.54) is 4.57 Å². The first-order chi connectivity index (χ1) is 11.4. The zero-order valence-electron chi connectivity index (χ0n) is 13.9. The number of benzene rings is 1. The maximum atomic E-state index is 12.3. The number of hydrogen-bond acceptors (Lipinski definition) is 3. The van der Waals surface area contributed by atoms with Crippen LogP contribution in [0.1, 0.15) is 37.9 Å². The van der Waals surface area contributed by atoms with Gasteiger partial charge in [0.15, 0.2) is 0 Å². The maximum Gasteiger partial charge on any atom is 0.326 e. The molecule has 128 valence electrons. The summed E-state index contributed by atoms with van der Waals surface area (Å²) < 4.78 is 1.52. The van der Waals surface area contributed by atoms with Crippen molar-refractivity contribution in [2.75, 3.05) is 0 Å². The number of rotatable bonds is 7. The van der Waals surface area contributed by atoms with Crippen molar-refractivity contribution in [3.05, 3.63) is 36.5 Å². The largest absolute Gasteiger partial charge is 0.480 e. The van der Waals surface area contributed by atoms with Crippen LogP contribution in [0.3, 0.4) is 0 Å². The number of nitrogens with one attached hydrogen (secondary N) is 1. The summed E-state index contributed by atoms with van der Waals surface area (Å²) in [4.78, 5) is 35.5. The highest BCUT2D eigenvalue weighted by Crippen LogP contribution is 2.16. The third kappa shape index (κ3) is 4.01. The molecule has 6 nitrogen and oxygen atoms in total. The molecule has 0 spiro atoms. The molecule has 2 aromatic rings. The molecule has 2 N–H and O–H groups in total. The van der Waals surface area contributed by atoms with Crippen LogP contribution in [-0.2, 0) is 9.59 Å². The smallest absolute Gasteiger partial charge is 0.326 e. The highest BCUT2D eigenvalue weighted by molar-refractivity contribution is 5.94. The second-order valence-electron chi connectivity index (χ2n) is 5.91. The summed E-state index contributed by atoms with van der Waals surface area (Å²) in [5, 5.41) is 12.6. The third-order valence-corrected chi connectivity index (χ3v) is 4.23. The van der Waals surface area contributed by atoms with Gasteiger partial charge in [-0.25, -0.2) is 4.79 Å². The molecule has 0 fully saturated rings. The van der Waals surface area contributed by atoms with Crippen molar-refractivity contribution in [3.8, 4) is 0 Å². The normalized spacial score (nSPS) is 13.4. The minimum absolute atomic E-state index is 0.0252. The molecule has 2 unspecified atom stereocenters. The van der Waals surface area contributed by atoms with Crippen LogP contribution in [0.25, 0.3) is 10.9 Å². The van der Waals surface area contributed by atoms with Crippen molar-refractivity contribution >= 4 is 28.7 Å². The molecule has 2 rings (SSSR count). The standard InChI is InChI=1S/C18H22N2O4/c1-3-12(2)17(18(23)24)19-15(21)8-9-16(22)20-11-10-13-6-4-5-7-14(13)20/h4-7,10-12,17H,3,8-9H2,1-2H3,(H,19,21)(H,23,24). The fourth-order valence-corrected chi connectivity index (χ4v) is 2.57. The number of fused-ring (bicyclic) bond motifs is 1. The summed E-state index contributed by atoms with van der Waals surface area (Å²) in [6.45, 7) is 3.64. The summed E-state index contributed by atoms with van der Waals surface area (Å²) in [7, 11) is 0.